The molecule has 3 aromatic rings. The smallest absolute Gasteiger partial charge is 0.335 e. The molecular weight excluding hydrogens is 592 g/mol. The molecule has 0 aromatic heterocycles. The van der Waals surface area contributed by atoms with Gasteiger partial charge in [0.2, 0.25) is 0 Å². The van der Waals surface area contributed by atoms with Gasteiger partial charge in [0.25, 0.3) is 11.8 Å². The normalized spacial score (nSPS) is 14.3. The monoisotopic (exact) mass is 614 g/mol. The molecule has 0 spiro atoms. The van der Waals surface area contributed by atoms with E-state index in [1.807, 2.05) is 0 Å². The minimum Gasteiger partial charge on any atom is -0.497 e. The third-order valence-electron chi connectivity index (χ3n) is 5.49. The van der Waals surface area contributed by atoms with Gasteiger partial charge in [-0.1, -0.05) is 27.5 Å². The minimum atomic E-state index is -0.835. The van der Waals surface area contributed by atoms with Crippen LogP contribution in [0.2, 0.25) is 5.02 Å². The molecule has 0 unspecified atom stereocenters. The Bertz CT molecular complexity index is 1410. The number of hydrogen-bond donors (Lipinski definition) is 1. The zero-order valence-electron chi connectivity index (χ0n) is 21.0. The molecule has 0 bridgehead atoms. The molecule has 0 aliphatic carbocycles. The van der Waals surface area contributed by atoms with Gasteiger partial charge in [-0.3, -0.25) is 14.9 Å². The summed E-state index contributed by atoms with van der Waals surface area (Å²) in [4.78, 5) is 39.1. The first-order chi connectivity index (χ1) is 18.8. The fraction of sp³-hybridized carbons (Fsp3) is 0.179. The Balaban J connectivity index is 1.52. The van der Waals surface area contributed by atoms with Crippen LogP contribution in [0.5, 0.6) is 23.0 Å². The Hall–Kier alpha value is -4.02. The van der Waals surface area contributed by atoms with Crippen LogP contribution in [0.4, 0.5) is 10.5 Å². The number of halogens is 2. The fourth-order valence-corrected chi connectivity index (χ4v) is 4.24. The second-order valence-electron chi connectivity index (χ2n) is 8.07. The third-order valence-corrected chi connectivity index (χ3v) is 6.30. The van der Waals surface area contributed by atoms with E-state index in [0.29, 0.717) is 35.1 Å². The van der Waals surface area contributed by atoms with Gasteiger partial charge in [0, 0.05) is 4.47 Å². The van der Waals surface area contributed by atoms with Gasteiger partial charge >= 0.3 is 6.03 Å². The van der Waals surface area contributed by atoms with E-state index in [0.717, 1.165) is 15.1 Å². The standard InChI is InChI=1S/C28H24BrClN2O7/c1-3-37-24-16-17(15-23(30)25(24)39-13-12-38-21-10-8-20(36-2)9-11-21)14-22-26(33)31-28(35)32(27(22)34)19-6-4-18(29)5-7-19/h4-11,14-16H,3,12-13H2,1-2H3,(H,31,33,35). The maximum absolute atomic E-state index is 13.2. The summed E-state index contributed by atoms with van der Waals surface area (Å²) < 4.78 is 23.1. The average molecular weight is 616 g/mol. The van der Waals surface area contributed by atoms with Crippen molar-refractivity contribution in [3.63, 3.8) is 0 Å². The van der Waals surface area contributed by atoms with E-state index in [1.165, 1.54) is 12.1 Å². The first-order valence-electron chi connectivity index (χ1n) is 11.8. The van der Waals surface area contributed by atoms with Crippen molar-refractivity contribution < 1.29 is 33.3 Å². The number of hydrogen-bond acceptors (Lipinski definition) is 7. The maximum atomic E-state index is 13.2. The molecule has 39 heavy (non-hydrogen) atoms. The van der Waals surface area contributed by atoms with Crippen molar-refractivity contribution in [3.05, 3.63) is 81.3 Å². The van der Waals surface area contributed by atoms with Crippen LogP contribution >= 0.6 is 27.5 Å². The highest BCUT2D eigenvalue weighted by Crippen LogP contribution is 2.37. The number of nitrogens with zero attached hydrogens (tertiary/aromatic N) is 1. The van der Waals surface area contributed by atoms with E-state index < -0.39 is 17.8 Å². The van der Waals surface area contributed by atoms with E-state index >= 15 is 0 Å². The molecule has 4 amide bonds. The fourth-order valence-electron chi connectivity index (χ4n) is 3.70. The van der Waals surface area contributed by atoms with Crippen molar-refractivity contribution >= 4 is 57.1 Å². The number of ether oxygens (including phenoxy) is 4. The molecule has 0 radical (unpaired) electrons. The predicted molar refractivity (Wildman–Crippen MR) is 150 cm³/mol. The van der Waals surface area contributed by atoms with Gasteiger partial charge in [0.05, 0.1) is 24.4 Å². The summed E-state index contributed by atoms with van der Waals surface area (Å²) in [7, 11) is 1.59. The van der Waals surface area contributed by atoms with Crippen molar-refractivity contribution in [1.29, 1.82) is 0 Å². The van der Waals surface area contributed by atoms with E-state index in [2.05, 4.69) is 21.2 Å². The summed E-state index contributed by atoms with van der Waals surface area (Å²) in [5.74, 6) is 0.418. The molecule has 9 nitrogen and oxygen atoms in total. The van der Waals surface area contributed by atoms with Gasteiger partial charge < -0.3 is 18.9 Å². The van der Waals surface area contributed by atoms with Crippen molar-refractivity contribution in [3.8, 4) is 23.0 Å². The highest BCUT2D eigenvalue weighted by molar-refractivity contribution is 9.10. The molecule has 202 valence electrons. The first kappa shape index (κ1) is 28.0. The van der Waals surface area contributed by atoms with Crippen LogP contribution < -0.4 is 29.2 Å². The number of rotatable bonds is 10. The number of imide groups is 2. The highest BCUT2D eigenvalue weighted by atomic mass is 79.9. The van der Waals surface area contributed by atoms with Crippen LogP contribution in [-0.2, 0) is 9.59 Å². The number of urea groups is 1. The summed E-state index contributed by atoms with van der Waals surface area (Å²) in [6, 6.07) is 16.0. The van der Waals surface area contributed by atoms with E-state index in [9.17, 15) is 14.4 Å². The molecule has 1 fully saturated rings. The van der Waals surface area contributed by atoms with Crippen LogP contribution in [0.3, 0.4) is 0 Å². The van der Waals surface area contributed by atoms with Crippen molar-refractivity contribution in [2.75, 3.05) is 31.8 Å². The lowest BCUT2D eigenvalue weighted by molar-refractivity contribution is -0.122. The molecule has 3 aromatic carbocycles. The van der Waals surface area contributed by atoms with Gasteiger partial charge in [0.1, 0.15) is 30.3 Å². The summed E-state index contributed by atoms with van der Waals surface area (Å²) in [6.07, 6.45) is 1.35. The molecule has 4 rings (SSSR count). The molecule has 1 saturated heterocycles. The largest absolute Gasteiger partial charge is 0.497 e. The average Bonchev–Trinajstić information content (AvgIpc) is 2.91. The SMILES string of the molecule is CCOc1cc(C=C2C(=O)NC(=O)N(c3ccc(Br)cc3)C2=O)cc(Cl)c1OCCOc1ccc(OC)cc1. The van der Waals surface area contributed by atoms with Gasteiger partial charge in [-0.05, 0) is 79.2 Å². The van der Waals surface area contributed by atoms with Gasteiger partial charge in [-0.15, -0.1) is 0 Å². The van der Waals surface area contributed by atoms with Crippen LogP contribution in [-0.4, -0.2) is 44.8 Å². The van der Waals surface area contributed by atoms with Gasteiger partial charge in [-0.25, -0.2) is 9.69 Å². The molecular formula is C28H24BrClN2O7. The lowest BCUT2D eigenvalue weighted by Gasteiger charge is -2.26. The molecule has 0 saturated carbocycles. The molecule has 11 heteroatoms. The zero-order chi connectivity index (χ0) is 27.9. The van der Waals surface area contributed by atoms with Crippen molar-refractivity contribution in [2.24, 2.45) is 0 Å². The van der Waals surface area contributed by atoms with Crippen molar-refractivity contribution in [1.82, 2.24) is 5.32 Å². The van der Waals surface area contributed by atoms with Crippen LogP contribution in [0.15, 0.2) is 70.7 Å². The Morgan fingerprint density at radius 1 is 0.923 bits per heavy atom. The summed E-state index contributed by atoms with van der Waals surface area (Å²) in [6.45, 7) is 2.54. The lowest BCUT2D eigenvalue weighted by Crippen LogP contribution is -2.54. The number of amides is 4. The number of barbiturate groups is 1. The van der Waals surface area contributed by atoms with Gasteiger partial charge in [-0.2, -0.15) is 0 Å². The summed E-state index contributed by atoms with van der Waals surface area (Å²) in [5.41, 5.74) is 0.485. The molecule has 1 aliphatic heterocycles. The second-order valence-corrected chi connectivity index (χ2v) is 9.39. The van der Waals surface area contributed by atoms with Crippen LogP contribution in [0.25, 0.3) is 6.08 Å². The maximum Gasteiger partial charge on any atom is 0.335 e. The number of methoxy groups -OCH3 is 1. The Morgan fingerprint density at radius 3 is 2.26 bits per heavy atom. The topological polar surface area (TPSA) is 103 Å². The van der Waals surface area contributed by atoms with Crippen LogP contribution in [0.1, 0.15) is 12.5 Å². The molecule has 1 aliphatic rings. The van der Waals surface area contributed by atoms with E-state index in [-0.39, 0.29) is 23.8 Å². The number of anilines is 1. The Morgan fingerprint density at radius 2 is 1.59 bits per heavy atom. The zero-order valence-corrected chi connectivity index (χ0v) is 23.4. The Labute approximate surface area is 238 Å². The molecule has 1 N–H and O–H groups in total. The summed E-state index contributed by atoms with van der Waals surface area (Å²) >= 11 is 9.83. The number of nitrogens with one attached hydrogen (secondary N) is 1. The molecule has 0 atom stereocenters. The van der Waals surface area contributed by atoms with Crippen molar-refractivity contribution in [2.45, 2.75) is 6.92 Å². The highest BCUT2D eigenvalue weighted by Gasteiger charge is 2.36. The quantitative estimate of drug-likeness (QED) is 0.179. The second kappa shape index (κ2) is 12.7. The lowest BCUT2D eigenvalue weighted by atomic mass is 10.1. The number of carbonyl (C=O) groups excluding carboxylic acids is 3. The van der Waals surface area contributed by atoms with Gasteiger partial charge in [0.15, 0.2) is 11.5 Å². The van der Waals surface area contributed by atoms with E-state index in [1.54, 1.807) is 68.6 Å². The number of carbonyl (C=O) groups is 3. The molecule has 1 heterocycles. The van der Waals surface area contributed by atoms with Crippen LogP contribution in [0, 0.1) is 0 Å². The minimum absolute atomic E-state index is 0.178. The van der Waals surface area contributed by atoms with E-state index in [4.69, 9.17) is 30.5 Å². The first-order valence-corrected chi connectivity index (χ1v) is 13.0. The number of benzene rings is 3. The Kier molecular flexibility index (Phi) is 9.11. The third kappa shape index (κ3) is 6.71. The summed E-state index contributed by atoms with van der Waals surface area (Å²) in [5, 5.41) is 2.41. The predicted octanol–water partition coefficient (Wildman–Crippen LogP) is 5.63.